The largest absolute Gasteiger partial charge is 0.508 e. The molecule has 6 heteroatoms. The van der Waals surface area contributed by atoms with Crippen molar-refractivity contribution in [3.05, 3.63) is 60.7 Å². The molecule has 4 N–H and O–H groups in total. The molecule has 24 heavy (non-hydrogen) atoms. The molecule has 0 radical (unpaired) electrons. The van der Waals surface area contributed by atoms with Crippen molar-refractivity contribution < 1.29 is 20.4 Å². The van der Waals surface area contributed by atoms with Crippen LogP contribution >= 0.6 is 0 Å². The molecule has 0 aliphatic rings. The van der Waals surface area contributed by atoms with Crippen LogP contribution < -0.4 is 0 Å². The first kappa shape index (κ1) is 15.4. The Morgan fingerprint density at radius 2 is 1.29 bits per heavy atom. The smallest absolute Gasteiger partial charge is 0.144 e. The van der Waals surface area contributed by atoms with Gasteiger partial charge < -0.3 is 20.4 Å². The van der Waals surface area contributed by atoms with Gasteiger partial charge in [0, 0.05) is 6.07 Å². The number of hydrogen-bond acceptors (Lipinski definition) is 6. The molecule has 3 rings (SSSR count). The second-order valence-electron chi connectivity index (χ2n) is 5.07. The van der Waals surface area contributed by atoms with Gasteiger partial charge in [-0.25, -0.2) is 0 Å². The van der Waals surface area contributed by atoms with Crippen LogP contribution in [-0.4, -0.2) is 20.4 Å². The molecule has 0 spiro atoms. The topological polar surface area (TPSA) is 106 Å². The molecule has 0 atom stereocenters. The molecule has 0 amide bonds. The van der Waals surface area contributed by atoms with Crippen molar-refractivity contribution in [2.24, 2.45) is 10.2 Å². The van der Waals surface area contributed by atoms with E-state index in [1.165, 1.54) is 30.3 Å². The maximum absolute atomic E-state index is 10.2. The van der Waals surface area contributed by atoms with Crippen LogP contribution in [0.1, 0.15) is 0 Å². The van der Waals surface area contributed by atoms with Crippen molar-refractivity contribution >= 4 is 11.4 Å². The van der Waals surface area contributed by atoms with Crippen molar-refractivity contribution in [3.63, 3.8) is 0 Å². The molecule has 0 saturated carbocycles. The minimum absolute atomic E-state index is 0.0387. The molecule has 0 fully saturated rings. The van der Waals surface area contributed by atoms with E-state index < -0.39 is 0 Å². The first-order chi connectivity index (χ1) is 11.6. The average Bonchev–Trinajstić information content (AvgIpc) is 2.59. The fraction of sp³-hybridized carbons (Fsp3) is 0. The van der Waals surface area contributed by atoms with Crippen LogP contribution in [0, 0.1) is 0 Å². The van der Waals surface area contributed by atoms with Crippen LogP contribution in [0.3, 0.4) is 0 Å². The van der Waals surface area contributed by atoms with E-state index in [4.69, 9.17) is 0 Å². The van der Waals surface area contributed by atoms with Gasteiger partial charge in [-0.05, 0) is 29.8 Å². The highest BCUT2D eigenvalue weighted by atomic mass is 16.3. The van der Waals surface area contributed by atoms with Crippen molar-refractivity contribution in [2.75, 3.05) is 0 Å². The lowest BCUT2D eigenvalue weighted by atomic mass is 10.0. The molecule has 0 heterocycles. The minimum Gasteiger partial charge on any atom is -0.508 e. The monoisotopic (exact) mass is 322 g/mol. The Morgan fingerprint density at radius 3 is 2.04 bits per heavy atom. The van der Waals surface area contributed by atoms with E-state index in [0.29, 0.717) is 11.1 Å². The fourth-order valence-electron chi connectivity index (χ4n) is 2.26. The second-order valence-corrected chi connectivity index (χ2v) is 5.07. The molecule has 0 aliphatic heterocycles. The maximum Gasteiger partial charge on any atom is 0.144 e. The first-order valence-electron chi connectivity index (χ1n) is 7.10. The van der Waals surface area contributed by atoms with E-state index in [0.717, 1.165) is 0 Å². The first-order valence-corrected chi connectivity index (χ1v) is 7.10. The third-order valence-corrected chi connectivity index (χ3v) is 3.41. The van der Waals surface area contributed by atoms with Gasteiger partial charge >= 0.3 is 0 Å². The highest BCUT2D eigenvalue weighted by Gasteiger charge is 2.15. The van der Waals surface area contributed by atoms with Gasteiger partial charge in [0.2, 0.25) is 0 Å². The zero-order valence-electron chi connectivity index (χ0n) is 12.5. The number of azo groups is 1. The summed E-state index contributed by atoms with van der Waals surface area (Å²) in [6.07, 6.45) is 0. The number of benzene rings is 3. The van der Waals surface area contributed by atoms with Gasteiger partial charge in [0.25, 0.3) is 0 Å². The number of nitrogens with zero attached hydrogens (tertiary/aromatic N) is 2. The summed E-state index contributed by atoms with van der Waals surface area (Å²) >= 11 is 0. The Kier molecular flexibility index (Phi) is 4.03. The number of phenols is 4. The summed E-state index contributed by atoms with van der Waals surface area (Å²) in [6.45, 7) is 0. The summed E-state index contributed by atoms with van der Waals surface area (Å²) in [5, 5.41) is 47.3. The molecule has 0 unspecified atom stereocenters. The Balaban J connectivity index is 2.13. The van der Waals surface area contributed by atoms with Gasteiger partial charge in [-0.2, -0.15) is 0 Å². The van der Waals surface area contributed by atoms with E-state index in [-0.39, 0.29) is 34.4 Å². The molecular weight excluding hydrogens is 308 g/mol. The van der Waals surface area contributed by atoms with E-state index in [1.54, 1.807) is 24.3 Å². The predicted octanol–water partition coefficient (Wildman–Crippen LogP) is 4.59. The Labute approximate surface area is 137 Å². The lowest BCUT2D eigenvalue weighted by Crippen LogP contribution is -1.81. The van der Waals surface area contributed by atoms with E-state index in [1.807, 2.05) is 6.07 Å². The van der Waals surface area contributed by atoms with Gasteiger partial charge in [0.15, 0.2) is 0 Å². The summed E-state index contributed by atoms with van der Waals surface area (Å²) in [7, 11) is 0. The summed E-state index contributed by atoms with van der Waals surface area (Å²) < 4.78 is 0. The van der Waals surface area contributed by atoms with Gasteiger partial charge in [-0.1, -0.05) is 30.3 Å². The van der Waals surface area contributed by atoms with Gasteiger partial charge in [-0.15, -0.1) is 10.2 Å². The van der Waals surface area contributed by atoms with Crippen LogP contribution in [0.2, 0.25) is 0 Å². The number of aromatic hydroxyl groups is 4. The average molecular weight is 322 g/mol. The van der Waals surface area contributed by atoms with Crippen molar-refractivity contribution in [2.45, 2.75) is 0 Å². The zero-order valence-corrected chi connectivity index (χ0v) is 12.5. The summed E-state index contributed by atoms with van der Waals surface area (Å²) in [5.41, 5.74) is 1.07. The fourth-order valence-corrected chi connectivity index (χ4v) is 2.26. The second kappa shape index (κ2) is 6.29. The van der Waals surface area contributed by atoms with Crippen LogP contribution in [-0.2, 0) is 0 Å². The van der Waals surface area contributed by atoms with Crippen molar-refractivity contribution in [1.82, 2.24) is 0 Å². The molecule has 0 aromatic heterocycles. The molecule has 3 aromatic rings. The molecule has 0 saturated heterocycles. The highest BCUT2D eigenvalue weighted by molar-refractivity contribution is 5.84. The van der Waals surface area contributed by atoms with Crippen molar-refractivity contribution in [3.8, 4) is 34.1 Å². The van der Waals surface area contributed by atoms with E-state index in [2.05, 4.69) is 10.2 Å². The lowest BCUT2D eigenvalue weighted by molar-refractivity contribution is 0.460. The zero-order chi connectivity index (χ0) is 17.1. The predicted molar refractivity (Wildman–Crippen MR) is 89.2 cm³/mol. The minimum atomic E-state index is -0.171. The Hall–Kier alpha value is -3.54. The normalized spacial score (nSPS) is 11.0. The van der Waals surface area contributed by atoms with Crippen LogP contribution in [0.25, 0.3) is 11.1 Å². The molecule has 3 aromatic carbocycles. The SMILES string of the molecule is Oc1ccc(O)c(N=Nc2c(O)ccc(O)c2-c2ccccc2)c1. The lowest BCUT2D eigenvalue weighted by Gasteiger charge is -2.09. The van der Waals surface area contributed by atoms with Crippen LogP contribution in [0.4, 0.5) is 11.4 Å². The third kappa shape index (κ3) is 2.98. The summed E-state index contributed by atoms with van der Waals surface area (Å²) in [5.74, 6) is -0.481. The third-order valence-electron chi connectivity index (χ3n) is 3.41. The van der Waals surface area contributed by atoms with Gasteiger partial charge in [-0.3, -0.25) is 0 Å². The quantitative estimate of drug-likeness (QED) is 0.418. The Morgan fingerprint density at radius 1 is 0.625 bits per heavy atom. The van der Waals surface area contributed by atoms with Crippen molar-refractivity contribution in [1.29, 1.82) is 0 Å². The van der Waals surface area contributed by atoms with Gasteiger partial charge in [0.1, 0.15) is 34.4 Å². The summed E-state index contributed by atoms with van der Waals surface area (Å²) in [4.78, 5) is 0. The number of hydrogen-bond donors (Lipinski definition) is 4. The molecular formula is C18H14N2O4. The summed E-state index contributed by atoms with van der Waals surface area (Å²) in [6, 6.07) is 15.4. The molecule has 120 valence electrons. The standard InChI is InChI=1S/C18H14N2O4/c21-12-6-7-14(22)13(10-12)19-20-18-16(24)9-8-15(23)17(18)11-4-2-1-3-5-11/h1-10,21-24H. The number of rotatable bonds is 3. The van der Waals surface area contributed by atoms with E-state index >= 15 is 0 Å². The van der Waals surface area contributed by atoms with E-state index in [9.17, 15) is 20.4 Å². The molecule has 6 nitrogen and oxygen atoms in total. The molecule has 0 bridgehead atoms. The Bertz CT molecular complexity index is 908. The van der Waals surface area contributed by atoms with Gasteiger partial charge in [0.05, 0.1) is 5.56 Å². The number of phenolic OH excluding ortho intramolecular Hbond substituents is 4. The maximum atomic E-state index is 10.2. The molecule has 0 aliphatic carbocycles. The highest BCUT2D eigenvalue weighted by Crippen LogP contribution is 2.44. The van der Waals surface area contributed by atoms with Crippen LogP contribution in [0.5, 0.6) is 23.0 Å². The van der Waals surface area contributed by atoms with Crippen LogP contribution in [0.15, 0.2) is 70.9 Å².